The fourth-order valence-corrected chi connectivity index (χ4v) is 3.24. The Balaban J connectivity index is 2.29. The van der Waals surface area contributed by atoms with Crippen molar-refractivity contribution in [3.63, 3.8) is 0 Å². The summed E-state index contributed by atoms with van der Waals surface area (Å²) in [5.74, 6) is 0. The maximum Gasteiger partial charge on any atom is 0.0235 e. The lowest BCUT2D eigenvalue weighted by molar-refractivity contribution is 0.189. The van der Waals surface area contributed by atoms with E-state index in [2.05, 4.69) is 49.7 Å². The number of nitrogens with zero attached hydrogens (tertiary/aromatic N) is 2. The van der Waals surface area contributed by atoms with Gasteiger partial charge in [-0.05, 0) is 39.8 Å². The molecule has 1 fully saturated rings. The van der Waals surface area contributed by atoms with Crippen molar-refractivity contribution in [2.75, 3.05) is 32.7 Å². The van der Waals surface area contributed by atoms with E-state index in [9.17, 15) is 0 Å². The van der Waals surface area contributed by atoms with Crippen LogP contribution in [-0.4, -0.2) is 60.6 Å². The molecule has 1 aliphatic rings. The first-order chi connectivity index (χ1) is 9.12. The van der Waals surface area contributed by atoms with E-state index in [0.717, 1.165) is 12.6 Å². The van der Waals surface area contributed by atoms with Crippen molar-refractivity contribution in [2.45, 2.75) is 72.0 Å². The highest BCUT2D eigenvalue weighted by Crippen LogP contribution is 2.17. The monoisotopic (exact) mass is 269 g/mol. The van der Waals surface area contributed by atoms with Crippen LogP contribution in [-0.2, 0) is 0 Å². The number of rotatable bonds is 9. The average molecular weight is 269 g/mol. The van der Waals surface area contributed by atoms with Gasteiger partial charge in [0.25, 0.3) is 0 Å². The molecule has 0 radical (unpaired) electrons. The summed E-state index contributed by atoms with van der Waals surface area (Å²) in [4.78, 5) is 5.27. The molecular weight excluding hydrogens is 234 g/mol. The third-order valence-electron chi connectivity index (χ3n) is 4.63. The highest BCUT2D eigenvalue weighted by molar-refractivity contribution is 4.86. The van der Waals surface area contributed by atoms with Crippen molar-refractivity contribution >= 4 is 0 Å². The highest BCUT2D eigenvalue weighted by atomic mass is 15.3. The van der Waals surface area contributed by atoms with Gasteiger partial charge in [-0.1, -0.05) is 27.2 Å². The van der Waals surface area contributed by atoms with Gasteiger partial charge in [0.1, 0.15) is 0 Å². The molecule has 1 saturated heterocycles. The van der Waals surface area contributed by atoms with E-state index >= 15 is 0 Å². The van der Waals surface area contributed by atoms with Crippen molar-refractivity contribution in [1.82, 2.24) is 15.1 Å². The zero-order valence-electron chi connectivity index (χ0n) is 13.8. The molecule has 0 amide bonds. The van der Waals surface area contributed by atoms with Crippen LogP contribution in [0.15, 0.2) is 0 Å². The molecule has 1 aliphatic heterocycles. The molecule has 1 heterocycles. The van der Waals surface area contributed by atoms with Gasteiger partial charge in [0, 0.05) is 37.8 Å². The Labute approximate surface area is 120 Å². The number of hydrogen-bond acceptors (Lipinski definition) is 3. The van der Waals surface area contributed by atoms with E-state index in [1.807, 2.05) is 0 Å². The first-order valence-electron chi connectivity index (χ1n) is 8.33. The fourth-order valence-electron chi connectivity index (χ4n) is 3.24. The van der Waals surface area contributed by atoms with Crippen LogP contribution in [0.5, 0.6) is 0 Å². The van der Waals surface area contributed by atoms with Crippen molar-refractivity contribution in [2.24, 2.45) is 0 Å². The summed E-state index contributed by atoms with van der Waals surface area (Å²) in [6.45, 7) is 17.5. The van der Waals surface area contributed by atoms with Crippen LogP contribution >= 0.6 is 0 Å². The predicted octanol–water partition coefficient (Wildman–Crippen LogP) is 2.57. The molecule has 3 heteroatoms. The third kappa shape index (κ3) is 5.41. The minimum atomic E-state index is 0.661. The molecule has 114 valence electrons. The summed E-state index contributed by atoms with van der Waals surface area (Å²) in [5, 5.41) is 3.68. The highest BCUT2D eigenvalue weighted by Gasteiger charge is 2.28. The van der Waals surface area contributed by atoms with Crippen LogP contribution < -0.4 is 5.32 Å². The van der Waals surface area contributed by atoms with Crippen molar-refractivity contribution < 1.29 is 0 Å². The average Bonchev–Trinajstić information content (AvgIpc) is 2.87. The molecule has 3 nitrogen and oxygen atoms in total. The molecule has 0 spiro atoms. The smallest absolute Gasteiger partial charge is 0.0235 e. The molecule has 3 atom stereocenters. The van der Waals surface area contributed by atoms with Gasteiger partial charge in [-0.2, -0.15) is 0 Å². The predicted molar refractivity (Wildman–Crippen MR) is 84.7 cm³/mol. The maximum atomic E-state index is 3.68. The molecule has 0 aromatic rings. The normalized spacial score (nSPS) is 24.0. The molecule has 3 unspecified atom stereocenters. The number of likely N-dealkylation sites (N-methyl/N-ethyl adjacent to an activating group) is 1. The van der Waals surface area contributed by atoms with Crippen LogP contribution in [0.1, 0.15) is 53.9 Å². The van der Waals surface area contributed by atoms with Gasteiger partial charge in [0.2, 0.25) is 0 Å². The minimum absolute atomic E-state index is 0.661. The lowest BCUT2D eigenvalue weighted by Gasteiger charge is -2.29. The van der Waals surface area contributed by atoms with Gasteiger partial charge in [-0.25, -0.2) is 0 Å². The van der Waals surface area contributed by atoms with Crippen LogP contribution in [0, 0.1) is 0 Å². The van der Waals surface area contributed by atoms with Crippen LogP contribution in [0.4, 0.5) is 0 Å². The minimum Gasteiger partial charge on any atom is -0.313 e. The molecule has 19 heavy (non-hydrogen) atoms. The summed E-state index contributed by atoms with van der Waals surface area (Å²) in [7, 11) is 0. The molecular formula is C16H35N3. The molecule has 0 aromatic carbocycles. The van der Waals surface area contributed by atoms with Crippen LogP contribution in [0.2, 0.25) is 0 Å². The molecule has 0 aromatic heterocycles. The summed E-state index contributed by atoms with van der Waals surface area (Å²) in [6, 6.07) is 2.11. The van der Waals surface area contributed by atoms with Crippen LogP contribution in [0.25, 0.3) is 0 Å². The van der Waals surface area contributed by atoms with Gasteiger partial charge in [0.05, 0.1) is 0 Å². The second kappa shape index (κ2) is 8.93. The summed E-state index contributed by atoms with van der Waals surface area (Å²) in [5.41, 5.74) is 0. The van der Waals surface area contributed by atoms with E-state index in [1.165, 1.54) is 45.4 Å². The van der Waals surface area contributed by atoms with Gasteiger partial charge in [0.15, 0.2) is 0 Å². The van der Waals surface area contributed by atoms with Crippen molar-refractivity contribution in [3.8, 4) is 0 Å². The maximum absolute atomic E-state index is 3.68. The Morgan fingerprint density at radius 2 is 1.89 bits per heavy atom. The molecule has 0 saturated carbocycles. The number of nitrogens with one attached hydrogen (secondary N) is 1. The zero-order valence-corrected chi connectivity index (χ0v) is 13.8. The fraction of sp³-hybridized carbons (Fsp3) is 1.00. The first kappa shape index (κ1) is 16.9. The number of hydrogen-bond donors (Lipinski definition) is 1. The van der Waals surface area contributed by atoms with E-state index in [-0.39, 0.29) is 0 Å². The lowest BCUT2D eigenvalue weighted by atomic mass is 10.2. The molecule has 0 aliphatic carbocycles. The summed E-state index contributed by atoms with van der Waals surface area (Å²) >= 11 is 0. The largest absolute Gasteiger partial charge is 0.313 e. The van der Waals surface area contributed by atoms with Crippen molar-refractivity contribution in [1.29, 1.82) is 0 Å². The Kier molecular flexibility index (Phi) is 7.96. The SMILES string of the molecule is CCCC(C)NCC(C)N1CCC(N(CC)CC)C1. The molecule has 0 bridgehead atoms. The topological polar surface area (TPSA) is 18.5 Å². The summed E-state index contributed by atoms with van der Waals surface area (Å²) in [6.07, 6.45) is 3.90. The Morgan fingerprint density at radius 1 is 1.21 bits per heavy atom. The van der Waals surface area contributed by atoms with E-state index < -0.39 is 0 Å². The Hall–Kier alpha value is -0.120. The zero-order chi connectivity index (χ0) is 14.3. The van der Waals surface area contributed by atoms with Gasteiger partial charge >= 0.3 is 0 Å². The van der Waals surface area contributed by atoms with Gasteiger partial charge < -0.3 is 5.32 Å². The van der Waals surface area contributed by atoms with E-state index in [0.29, 0.717) is 12.1 Å². The van der Waals surface area contributed by atoms with Crippen molar-refractivity contribution in [3.05, 3.63) is 0 Å². The quantitative estimate of drug-likeness (QED) is 0.694. The second-order valence-electron chi connectivity index (χ2n) is 6.11. The summed E-state index contributed by atoms with van der Waals surface area (Å²) < 4.78 is 0. The van der Waals surface area contributed by atoms with Gasteiger partial charge in [-0.15, -0.1) is 0 Å². The van der Waals surface area contributed by atoms with E-state index in [4.69, 9.17) is 0 Å². The lowest BCUT2D eigenvalue weighted by Crippen LogP contribution is -2.44. The second-order valence-corrected chi connectivity index (χ2v) is 6.11. The van der Waals surface area contributed by atoms with Gasteiger partial charge in [-0.3, -0.25) is 9.80 Å². The number of likely N-dealkylation sites (tertiary alicyclic amines) is 1. The standard InChI is InChI=1S/C16H35N3/c1-6-9-14(4)17-12-15(5)19-11-10-16(13-19)18(7-2)8-3/h14-17H,6-13H2,1-5H3. The Morgan fingerprint density at radius 3 is 2.47 bits per heavy atom. The first-order valence-corrected chi connectivity index (χ1v) is 8.33. The van der Waals surface area contributed by atoms with Crippen LogP contribution in [0.3, 0.4) is 0 Å². The molecule has 1 rings (SSSR count). The molecule has 1 N–H and O–H groups in total. The third-order valence-corrected chi connectivity index (χ3v) is 4.63. The Bertz CT molecular complexity index is 228. The van der Waals surface area contributed by atoms with E-state index in [1.54, 1.807) is 0 Å².